The molecule has 28 heavy (non-hydrogen) atoms. The molecule has 0 fully saturated rings. The lowest BCUT2D eigenvalue weighted by atomic mass is 9.99. The number of halogens is 2. The average molecular weight is 480 g/mol. The first-order valence-electron chi connectivity index (χ1n) is 9.26. The Balaban J connectivity index is 2.23. The van der Waals surface area contributed by atoms with E-state index in [1.54, 1.807) is 12.1 Å². The first-order chi connectivity index (χ1) is 12.8. The molecule has 2 nitrogen and oxygen atoms in total. The Bertz CT molecular complexity index is 913. The van der Waals surface area contributed by atoms with E-state index in [1.165, 1.54) is 0 Å². The van der Waals surface area contributed by atoms with Crippen molar-refractivity contribution in [3.63, 3.8) is 0 Å². The second-order valence-electron chi connectivity index (χ2n) is 8.67. The summed E-state index contributed by atoms with van der Waals surface area (Å²) in [6.07, 6.45) is 0. The fraction of sp³-hybridized carbons (Fsp3) is 0.348. The highest BCUT2D eigenvalue weighted by molar-refractivity contribution is 9.10. The fourth-order valence-corrected chi connectivity index (χ4v) is 4.26. The topological polar surface area (TPSA) is 26.3 Å². The first kappa shape index (κ1) is 23.1. The van der Waals surface area contributed by atoms with E-state index >= 15 is 0 Å². The summed E-state index contributed by atoms with van der Waals surface area (Å²) in [5, 5.41) is 0.593. The van der Waals surface area contributed by atoms with Crippen LogP contribution in [-0.2, 0) is 11.0 Å². The predicted octanol–water partition coefficient (Wildman–Crippen LogP) is 7.89. The number of carbonyl (C=O) groups excluding carboxylic acids is 1. The molecule has 0 N–H and O–H groups in total. The molecule has 2 aromatic carbocycles. The Kier molecular flexibility index (Phi) is 7.14. The van der Waals surface area contributed by atoms with Gasteiger partial charge in [-0.2, -0.15) is 0 Å². The van der Waals surface area contributed by atoms with Gasteiger partial charge in [0.25, 0.3) is 0 Å². The molecular weight excluding hydrogens is 452 g/mol. The lowest BCUT2D eigenvalue weighted by Crippen LogP contribution is -2.40. The van der Waals surface area contributed by atoms with Crippen LogP contribution in [0.25, 0.3) is 5.57 Å². The van der Waals surface area contributed by atoms with Crippen molar-refractivity contribution in [2.24, 2.45) is 0 Å². The summed E-state index contributed by atoms with van der Waals surface area (Å²) in [7, 11) is -1.82. The molecule has 5 heteroatoms. The Labute approximate surface area is 183 Å². The van der Waals surface area contributed by atoms with E-state index in [2.05, 4.69) is 56.4 Å². The van der Waals surface area contributed by atoms with E-state index in [1.807, 2.05) is 31.2 Å². The van der Waals surface area contributed by atoms with Crippen molar-refractivity contribution >= 4 is 47.2 Å². The summed E-state index contributed by atoms with van der Waals surface area (Å²) < 4.78 is 7.02. The third kappa shape index (κ3) is 5.23. The van der Waals surface area contributed by atoms with Crippen LogP contribution in [0, 0.1) is 0 Å². The molecule has 0 aliphatic heterocycles. The number of ketones is 1. The third-order valence-corrected chi connectivity index (χ3v) is 10.8. The standard InChI is InChI=1S/C23H28BrClO2Si/c1-15(2)17-9-11-19(21(25)13-17)22(26)18-10-8-16(12-20(18)24)14-27-28(6,7)23(3,4)5/h8-13H,1,14H2,2-7H3. The van der Waals surface area contributed by atoms with E-state index in [9.17, 15) is 4.79 Å². The van der Waals surface area contributed by atoms with Gasteiger partial charge in [-0.25, -0.2) is 0 Å². The molecule has 0 spiro atoms. The molecule has 0 heterocycles. The van der Waals surface area contributed by atoms with Gasteiger partial charge in [-0.3, -0.25) is 4.79 Å². The predicted molar refractivity (Wildman–Crippen MR) is 126 cm³/mol. The average Bonchev–Trinajstić information content (AvgIpc) is 2.58. The lowest BCUT2D eigenvalue weighted by molar-refractivity contribution is 0.103. The maximum Gasteiger partial charge on any atom is 0.195 e. The van der Waals surface area contributed by atoms with Crippen molar-refractivity contribution in [3.05, 3.63) is 74.7 Å². The van der Waals surface area contributed by atoms with Gasteiger partial charge >= 0.3 is 0 Å². The SMILES string of the molecule is C=C(C)c1ccc(C(=O)c2ccc(CO[Si](C)(C)C(C)(C)C)cc2Br)c(Cl)c1. The molecule has 0 bridgehead atoms. The van der Waals surface area contributed by atoms with Gasteiger partial charge in [-0.1, -0.05) is 72.6 Å². The van der Waals surface area contributed by atoms with Crippen molar-refractivity contribution in [3.8, 4) is 0 Å². The van der Waals surface area contributed by atoms with Crippen molar-refractivity contribution in [2.75, 3.05) is 0 Å². The second kappa shape index (κ2) is 8.66. The number of allylic oxidation sites excluding steroid dienone is 1. The van der Waals surface area contributed by atoms with Crippen LogP contribution in [0.1, 0.15) is 54.7 Å². The Morgan fingerprint density at radius 3 is 2.25 bits per heavy atom. The first-order valence-corrected chi connectivity index (χ1v) is 13.3. The third-order valence-electron chi connectivity index (χ3n) is 5.39. The van der Waals surface area contributed by atoms with Gasteiger partial charge < -0.3 is 4.43 Å². The van der Waals surface area contributed by atoms with E-state index in [0.717, 1.165) is 21.2 Å². The Hall–Kier alpha value is -1.20. The zero-order valence-electron chi connectivity index (χ0n) is 17.5. The number of hydrogen-bond donors (Lipinski definition) is 0. The minimum Gasteiger partial charge on any atom is -0.413 e. The van der Waals surface area contributed by atoms with Crippen molar-refractivity contribution in [1.29, 1.82) is 0 Å². The molecule has 0 amide bonds. The molecule has 0 aliphatic carbocycles. The second-order valence-corrected chi connectivity index (χ2v) is 14.7. The molecule has 0 saturated heterocycles. The van der Waals surface area contributed by atoms with Crippen LogP contribution in [0.3, 0.4) is 0 Å². The van der Waals surface area contributed by atoms with Gasteiger partial charge in [-0.15, -0.1) is 0 Å². The molecule has 0 radical (unpaired) electrons. The fourth-order valence-electron chi connectivity index (χ4n) is 2.42. The maximum atomic E-state index is 13.0. The van der Waals surface area contributed by atoms with Crippen LogP contribution in [0.4, 0.5) is 0 Å². The molecule has 0 aromatic heterocycles. The summed E-state index contributed by atoms with van der Waals surface area (Å²) >= 11 is 9.90. The van der Waals surface area contributed by atoms with E-state index in [-0.39, 0.29) is 10.8 Å². The molecule has 0 saturated carbocycles. The molecule has 0 atom stereocenters. The highest BCUT2D eigenvalue weighted by atomic mass is 79.9. The molecule has 0 unspecified atom stereocenters. The van der Waals surface area contributed by atoms with Gasteiger partial charge in [0.1, 0.15) is 0 Å². The molecule has 0 aliphatic rings. The van der Waals surface area contributed by atoms with Crippen LogP contribution in [0.5, 0.6) is 0 Å². The smallest absolute Gasteiger partial charge is 0.195 e. The van der Waals surface area contributed by atoms with Gasteiger partial charge in [0.2, 0.25) is 0 Å². The monoisotopic (exact) mass is 478 g/mol. The minimum atomic E-state index is -1.82. The van der Waals surface area contributed by atoms with Crippen LogP contribution >= 0.6 is 27.5 Å². The number of hydrogen-bond acceptors (Lipinski definition) is 2. The molecule has 2 rings (SSSR count). The summed E-state index contributed by atoms with van der Waals surface area (Å²) in [5.74, 6) is -0.109. The van der Waals surface area contributed by atoms with E-state index < -0.39 is 8.32 Å². The van der Waals surface area contributed by atoms with Gasteiger partial charge in [-0.05, 0) is 60.4 Å². The lowest BCUT2D eigenvalue weighted by Gasteiger charge is -2.36. The zero-order chi connectivity index (χ0) is 21.3. The summed E-state index contributed by atoms with van der Waals surface area (Å²) in [4.78, 5) is 13.0. The molecule has 2 aromatic rings. The van der Waals surface area contributed by atoms with Gasteiger partial charge in [0.05, 0.1) is 11.6 Å². The Morgan fingerprint density at radius 1 is 1.14 bits per heavy atom. The van der Waals surface area contributed by atoms with Crippen molar-refractivity contribution in [2.45, 2.75) is 52.4 Å². The minimum absolute atomic E-state index is 0.109. The van der Waals surface area contributed by atoms with Crippen LogP contribution < -0.4 is 0 Å². The van der Waals surface area contributed by atoms with Crippen LogP contribution in [0.15, 0.2) is 47.4 Å². The van der Waals surface area contributed by atoms with Crippen molar-refractivity contribution < 1.29 is 9.22 Å². The normalized spacial score (nSPS) is 12.1. The number of benzene rings is 2. The van der Waals surface area contributed by atoms with E-state index in [4.69, 9.17) is 16.0 Å². The molecule has 150 valence electrons. The van der Waals surface area contributed by atoms with Gasteiger partial charge in [0.15, 0.2) is 14.1 Å². The number of rotatable bonds is 6. The zero-order valence-corrected chi connectivity index (χ0v) is 20.8. The largest absolute Gasteiger partial charge is 0.413 e. The molecular formula is C23H28BrClO2Si. The highest BCUT2D eigenvalue weighted by Crippen LogP contribution is 2.37. The Morgan fingerprint density at radius 2 is 1.75 bits per heavy atom. The van der Waals surface area contributed by atoms with Crippen molar-refractivity contribution in [1.82, 2.24) is 0 Å². The highest BCUT2D eigenvalue weighted by Gasteiger charge is 2.37. The van der Waals surface area contributed by atoms with E-state index in [0.29, 0.717) is 22.8 Å². The number of carbonyl (C=O) groups is 1. The van der Waals surface area contributed by atoms with Crippen LogP contribution in [-0.4, -0.2) is 14.1 Å². The maximum absolute atomic E-state index is 13.0. The van der Waals surface area contributed by atoms with Crippen LogP contribution in [0.2, 0.25) is 23.2 Å². The summed E-state index contributed by atoms with van der Waals surface area (Å²) in [6, 6.07) is 11.1. The quantitative estimate of drug-likeness (QED) is 0.311. The summed E-state index contributed by atoms with van der Waals surface area (Å²) in [6.45, 7) is 17.5. The van der Waals surface area contributed by atoms with Gasteiger partial charge in [0, 0.05) is 15.6 Å². The summed E-state index contributed by atoms with van der Waals surface area (Å²) in [5.41, 5.74) is 3.95.